The van der Waals surface area contributed by atoms with Crippen LogP contribution in [0.1, 0.15) is 24.0 Å². The van der Waals surface area contributed by atoms with E-state index in [9.17, 15) is 0 Å². The van der Waals surface area contributed by atoms with Gasteiger partial charge in [0.2, 0.25) is 0 Å². The Morgan fingerprint density at radius 3 is 2.20 bits per heavy atom. The second kappa shape index (κ2) is 3.44. The summed E-state index contributed by atoms with van der Waals surface area (Å²) in [7, 11) is 2.01. The van der Waals surface area contributed by atoms with E-state index in [1.54, 1.807) is 16.8 Å². The molecule has 0 saturated heterocycles. The highest BCUT2D eigenvalue weighted by atomic mass is 15.1. The van der Waals surface area contributed by atoms with Crippen LogP contribution in [-0.4, -0.2) is 20.1 Å². The summed E-state index contributed by atoms with van der Waals surface area (Å²) in [6.45, 7) is 2.53. The van der Waals surface area contributed by atoms with Crippen LogP contribution in [-0.2, 0) is 12.8 Å². The molecule has 0 bridgehead atoms. The van der Waals surface area contributed by atoms with Gasteiger partial charge in [-0.15, -0.1) is 0 Å². The Balaban J connectivity index is 2.15. The smallest absolute Gasteiger partial charge is 0.0432 e. The maximum atomic E-state index is 3.27. The number of hydrogen-bond donors (Lipinski definition) is 1. The minimum absolute atomic E-state index is 1.26. The van der Waals surface area contributed by atoms with Gasteiger partial charge in [0, 0.05) is 31.5 Å². The molecule has 80 valence electrons. The average molecular weight is 202 g/mol. The number of nitrogens with one attached hydrogen (secondary N) is 1. The van der Waals surface area contributed by atoms with E-state index in [0.29, 0.717) is 0 Å². The fourth-order valence-electron chi connectivity index (χ4n) is 2.95. The summed E-state index contributed by atoms with van der Waals surface area (Å²) in [4.78, 5) is 2.58. The average Bonchev–Trinajstić information content (AvgIpc) is 2.29. The molecule has 0 saturated carbocycles. The van der Waals surface area contributed by atoms with Crippen molar-refractivity contribution >= 4 is 11.4 Å². The molecule has 0 radical (unpaired) electrons. The zero-order valence-corrected chi connectivity index (χ0v) is 9.34. The number of aryl methyl sites for hydroxylation is 2. The van der Waals surface area contributed by atoms with E-state index >= 15 is 0 Å². The van der Waals surface area contributed by atoms with E-state index in [1.807, 2.05) is 7.05 Å². The Morgan fingerprint density at radius 2 is 1.67 bits per heavy atom. The fraction of sp³-hybridized carbons (Fsp3) is 0.538. The Labute approximate surface area is 91.3 Å². The Bertz CT molecular complexity index is 353. The van der Waals surface area contributed by atoms with Crippen LogP contribution >= 0.6 is 0 Å². The van der Waals surface area contributed by atoms with Crippen LogP contribution in [0.3, 0.4) is 0 Å². The number of rotatable bonds is 1. The van der Waals surface area contributed by atoms with Crippen molar-refractivity contribution in [2.45, 2.75) is 25.7 Å². The molecular formula is C13H18N2. The minimum atomic E-state index is 1.26. The molecule has 15 heavy (non-hydrogen) atoms. The van der Waals surface area contributed by atoms with Crippen LogP contribution < -0.4 is 10.2 Å². The molecule has 2 heteroatoms. The molecule has 2 aliphatic rings. The second-order valence-corrected chi connectivity index (χ2v) is 4.59. The van der Waals surface area contributed by atoms with E-state index in [2.05, 4.69) is 22.3 Å². The lowest BCUT2D eigenvalue weighted by Gasteiger charge is -2.37. The monoisotopic (exact) mass is 202 g/mol. The lowest BCUT2D eigenvalue weighted by Crippen LogP contribution is -2.34. The van der Waals surface area contributed by atoms with Gasteiger partial charge in [-0.3, -0.25) is 0 Å². The topological polar surface area (TPSA) is 15.3 Å². The van der Waals surface area contributed by atoms with E-state index in [-0.39, 0.29) is 0 Å². The summed E-state index contributed by atoms with van der Waals surface area (Å²) in [6.07, 6.45) is 5.15. The third kappa shape index (κ3) is 1.39. The molecule has 0 amide bonds. The van der Waals surface area contributed by atoms with Crippen molar-refractivity contribution in [3.63, 3.8) is 0 Å². The van der Waals surface area contributed by atoms with Crippen LogP contribution in [0.25, 0.3) is 0 Å². The molecule has 2 aliphatic heterocycles. The quantitative estimate of drug-likeness (QED) is 0.752. The second-order valence-electron chi connectivity index (χ2n) is 4.59. The first-order valence-electron chi connectivity index (χ1n) is 5.97. The maximum Gasteiger partial charge on any atom is 0.0432 e. The van der Waals surface area contributed by atoms with Crippen molar-refractivity contribution in [1.82, 2.24) is 0 Å². The standard InChI is InChI=1S/C13H18N2/c1-14-12-8-10-4-2-6-15-7-3-5-11(9-12)13(10)15/h8-9,14H,2-7H2,1H3. The molecular weight excluding hydrogens is 184 g/mol. The van der Waals surface area contributed by atoms with Crippen molar-refractivity contribution in [2.75, 3.05) is 30.4 Å². The molecule has 1 aromatic carbocycles. The summed E-state index contributed by atoms with van der Waals surface area (Å²) >= 11 is 0. The normalized spacial score (nSPS) is 18.6. The van der Waals surface area contributed by atoms with Crippen molar-refractivity contribution in [1.29, 1.82) is 0 Å². The molecule has 3 rings (SSSR count). The summed E-state index contributed by atoms with van der Waals surface area (Å²) < 4.78 is 0. The summed E-state index contributed by atoms with van der Waals surface area (Å²) in [5, 5.41) is 3.27. The zero-order valence-electron chi connectivity index (χ0n) is 9.34. The van der Waals surface area contributed by atoms with Gasteiger partial charge >= 0.3 is 0 Å². The molecule has 0 aromatic heterocycles. The molecule has 0 aliphatic carbocycles. The van der Waals surface area contributed by atoms with Gasteiger partial charge in [-0.25, -0.2) is 0 Å². The van der Waals surface area contributed by atoms with Crippen LogP contribution in [0.15, 0.2) is 12.1 Å². The van der Waals surface area contributed by atoms with E-state index in [0.717, 1.165) is 0 Å². The van der Waals surface area contributed by atoms with Gasteiger partial charge in [-0.2, -0.15) is 0 Å². The van der Waals surface area contributed by atoms with E-state index < -0.39 is 0 Å². The van der Waals surface area contributed by atoms with Crippen LogP contribution in [0.5, 0.6) is 0 Å². The van der Waals surface area contributed by atoms with Crippen molar-refractivity contribution in [2.24, 2.45) is 0 Å². The lowest BCUT2D eigenvalue weighted by molar-refractivity contribution is 0.634. The number of benzene rings is 1. The summed E-state index contributed by atoms with van der Waals surface area (Å²) in [5.41, 5.74) is 5.96. The minimum Gasteiger partial charge on any atom is -0.388 e. The van der Waals surface area contributed by atoms with Gasteiger partial charge in [-0.05, 0) is 48.9 Å². The molecule has 2 heterocycles. The van der Waals surface area contributed by atoms with Crippen LogP contribution in [0, 0.1) is 0 Å². The first-order valence-corrected chi connectivity index (χ1v) is 5.97. The van der Waals surface area contributed by atoms with Crippen molar-refractivity contribution in [3.8, 4) is 0 Å². The maximum absolute atomic E-state index is 3.27. The number of hydrogen-bond acceptors (Lipinski definition) is 2. The highest BCUT2D eigenvalue weighted by Gasteiger charge is 2.23. The third-order valence-electron chi connectivity index (χ3n) is 3.62. The van der Waals surface area contributed by atoms with Gasteiger partial charge in [0.1, 0.15) is 0 Å². The highest BCUT2D eigenvalue weighted by Crippen LogP contribution is 2.37. The third-order valence-corrected chi connectivity index (χ3v) is 3.62. The van der Waals surface area contributed by atoms with E-state index in [1.165, 1.54) is 44.5 Å². The highest BCUT2D eigenvalue weighted by molar-refractivity contribution is 5.68. The Morgan fingerprint density at radius 1 is 1.07 bits per heavy atom. The van der Waals surface area contributed by atoms with Crippen molar-refractivity contribution in [3.05, 3.63) is 23.3 Å². The first kappa shape index (κ1) is 9.08. The van der Waals surface area contributed by atoms with Crippen LogP contribution in [0.4, 0.5) is 11.4 Å². The van der Waals surface area contributed by atoms with Crippen LogP contribution in [0.2, 0.25) is 0 Å². The van der Waals surface area contributed by atoms with Gasteiger partial charge in [0.05, 0.1) is 0 Å². The first-order chi connectivity index (χ1) is 7.38. The Hall–Kier alpha value is -1.18. The van der Waals surface area contributed by atoms with Gasteiger partial charge in [0.25, 0.3) is 0 Å². The predicted molar refractivity (Wildman–Crippen MR) is 64.8 cm³/mol. The van der Waals surface area contributed by atoms with E-state index in [4.69, 9.17) is 0 Å². The molecule has 1 N–H and O–H groups in total. The molecule has 2 nitrogen and oxygen atoms in total. The number of anilines is 2. The van der Waals surface area contributed by atoms with Crippen molar-refractivity contribution < 1.29 is 0 Å². The number of nitrogens with zero attached hydrogens (tertiary/aromatic N) is 1. The molecule has 0 atom stereocenters. The Kier molecular flexibility index (Phi) is 2.08. The molecule has 0 spiro atoms. The molecule has 0 unspecified atom stereocenters. The SMILES string of the molecule is CNc1cc2c3c(c1)CCCN3CCC2. The van der Waals surface area contributed by atoms with Gasteiger partial charge in [0.15, 0.2) is 0 Å². The van der Waals surface area contributed by atoms with Gasteiger partial charge < -0.3 is 10.2 Å². The van der Waals surface area contributed by atoms with Gasteiger partial charge in [-0.1, -0.05) is 0 Å². The predicted octanol–water partition coefficient (Wildman–Crippen LogP) is 2.43. The lowest BCUT2D eigenvalue weighted by atomic mass is 9.91. The molecule has 1 aromatic rings. The summed E-state index contributed by atoms with van der Waals surface area (Å²) in [6, 6.07) is 4.66. The zero-order chi connectivity index (χ0) is 10.3. The molecule has 0 fully saturated rings. The summed E-state index contributed by atoms with van der Waals surface area (Å²) in [5.74, 6) is 0. The fourth-order valence-corrected chi connectivity index (χ4v) is 2.95. The largest absolute Gasteiger partial charge is 0.388 e.